The van der Waals surface area contributed by atoms with E-state index in [1.165, 1.54) is 86.6 Å². The van der Waals surface area contributed by atoms with Gasteiger partial charge in [0.2, 0.25) is 0 Å². The molecular weight excluding hydrogens is 793 g/mol. The summed E-state index contributed by atoms with van der Waals surface area (Å²) in [4.78, 5) is 2.42. The minimum Gasteiger partial charge on any atom is -0.310 e. The van der Waals surface area contributed by atoms with Gasteiger partial charge in [0.25, 0.3) is 0 Å². The Kier molecular flexibility index (Phi) is 8.34. The zero-order chi connectivity index (χ0) is 42.2. The number of fused-ring (bicyclic) bond motifs is 9. The molecule has 13 rings (SSSR count). The van der Waals surface area contributed by atoms with E-state index in [1.807, 2.05) is 11.3 Å². The number of hydrogen-bond donors (Lipinski definition) is 0. The van der Waals surface area contributed by atoms with Crippen LogP contribution in [-0.4, -0.2) is 4.57 Å². The average molecular weight is 833 g/mol. The summed E-state index contributed by atoms with van der Waals surface area (Å²) in [7, 11) is 0. The Morgan fingerprint density at radius 1 is 0.344 bits per heavy atom. The van der Waals surface area contributed by atoms with Crippen molar-refractivity contribution in [1.82, 2.24) is 4.57 Å². The van der Waals surface area contributed by atoms with E-state index in [2.05, 4.69) is 252 Å². The van der Waals surface area contributed by atoms with Gasteiger partial charge in [-0.3, -0.25) is 0 Å². The number of para-hydroxylation sites is 2. The average Bonchev–Trinajstić information content (AvgIpc) is 4.01. The lowest BCUT2D eigenvalue weighted by atomic mass is 9.67. The first-order chi connectivity index (χ1) is 31.7. The summed E-state index contributed by atoms with van der Waals surface area (Å²) in [5.74, 6) is 0. The lowest BCUT2D eigenvalue weighted by molar-refractivity contribution is 0.768. The molecule has 300 valence electrons. The quantitative estimate of drug-likeness (QED) is 0.155. The van der Waals surface area contributed by atoms with Crippen LogP contribution in [0.4, 0.5) is 17.1 Å². The van der Waals surface area contributed by atoms with Gasteiger partial charge in [-0.05, 0) is 117 Å². The van der Waals surface area contributed by atoms with Crippen LogP contribution in [0.2, 0.25) is 0 Å². The third-order valence-electron chi connectivity index (χ3n) is 13.4. The van der Waals surface area contributed by atoms with E-state index in [0.29, 0.717) is 0 Å². The Morgan fingerprint density at radius 2 is 0.953 bits per heavy atom. The van der Waals surface area contributed by atoms with Crippen LogP contribution in [0.15, 0.2) is 243 Å². The molecule has 0 bridgehead atoms. The molecule has 10 aromatic carbocycles. The molecule has 0 fully saturated rings. The van der Waals surface area contributed by atoms with Crippen molar-refractivity contribution in [3.05, 3.63) is 265 Å². The molecule has 0 unspecified atom stereocenters. The lowest BCUT2D eigenvalue weighted by Gasteiger charge is -2.35. The predicted octanol–water partition coefficient (Wildman–Crippen LogP) is 16.7. The highest BCUT2D eigenvalue weighted by molar-refractivity contribution is 7.25. The molecule has 0 atom stereocenters. The van der Waals surface area contributed by atoms with Gasteiger partial charge < -0.3 is 9.47 Å². The molecule has 64 heavy (non-hydrogen) atoms. The third-order valence-corrected chi connectivity index (χ3v) is 14.6. The molecular formula is C61H40N2S. The fraction of sp³-hybridized carbons (Fsp3) is 0.0164. The number of aromatic nitrogens is 1. The Labute approximate surface area is 376 Å². The molecule has 3 heteroatoms. The Bertz CT molecular complexity index is 3690. The minimum atomic E-state index is -0.496. The van der Waals surface area contributed by atoms with E-state index in [1.54, 1.807) is 0 Å². The number of hydrogen-bond acceptors (Lipinski definition) is 2. The summed E-state index contributed by atoms with van der Waals surface area (Å²) in [5, 5.41) is 5.11. The van der Waals surface area contributed by atoms with E-state index in [-0.39, 0.29) is 0 Å². The highest BCUT2D eigenvalue weighted by Gasteiger charge is 2.46. The fourth-order valence-electron chi connectivity index (χ4n) is 10.7. The van der Waals surface area contributed by atoms with Crippen molar-refractivity contribution >= 4 is 70.4 Å². The number of thiophene rings is 1. The summed E-state index contributed by atoms with van der Waals surface area (Å²) in [6, 6.07) is 89.6. The van der Waals surface area contributed by atoms with E-state index in [9.17, 15) is 0 Å². The maximum absolute atomic E-state index is 2.45. The highest BCUT2D eigenvalue weighted by atomic mass is 32.1. The standard InChI is InChI=1S/C61H40N2S/c1-4-18-43(19-5-1)61(44-20-6-2-7-21-44)55-28-13-10-25-49(55)50-35-32-48(40-56(50)61)62(45-22-8-3-9-23-45)46-24-16-17-41(37-46)42-31-34-52-51-26-11-14-29-57(51)63(58(52)38-42)47-33-36-60-54(39-47)53-27-12-15-30-59(53)64-60/h1-40H. The van der Waals surface area contributed by atoms with Crippen LogP contribution in [-0.2, 0) is 5.41 Å². The summed E-state index contributed by atoms with van der Waals surface area (Å²) in [5.41, 5.74) is 16.4. The largest absolute Gasteiger partial charge is 0.310 e. The molecule has 1 aliphatic rings. The van der Waals surface area contributed by atoms with Crippen LogP contribution in [0.1, 0.15) is 22.3 Å². The Morgan fingerprint density at radius 3 is 1.77 bits per heavy atom. The molecule has 0 amide bonds. The number of benzene rings is 10. The van der Waals surface area contributed by atoms with Gasteiger partial charge in [0.1, 0.15) is 0 Å². The number of anilines is 3. The third kappa shape index (κ3) is 5.51. The second-order valence-electron chi connectivity index (χ2n) is 16.8. The van der Waals surface area contributed by atoms with Crippen molar-refractivity contribution < 1.29 is 0 Å². The molecule has 0 radical (unpaired) electrons. The first-order valence-corrected chi connectivity index (χ1v) is 22.8. The van der Waals surface area contributed by atoms with E-state index in [0.717, 1.165) is 22.6 Å². The summed E-state index contributed by atoms with van der Waals surface area (Å²) in [6.45, 7) is 0. The molecule has 0 N–H and O–H groups in total. The summed E-state index contributed by atoms with van der Waals surface area (Å²) < 4.78 is 5.08. The van der Waals surface area contributed by atoms with Crippen LogP contribution in [0, 0.1) is 0 Å². The molecule has 1 aliphatic carbocycles. The first-order valence-electron chi connectivity index (χ1n) is 22.0. The van der Waals surface area contributed by atoms with Gasteiger partial charge in [0.15, 0.2) is 0 Å². The normalized spacial score (nSPS) is 12.8. The number of nitrogens with zero attached hydrogens (tertiary/aromatic N) is 2. The van der Waals surface area contributed by atoms with E-state index in [4.69, 9.17) is 0 Å². The molecule has 2 heterocycles. The van der Waals surface area contributed by atoms with Crippen LogP contribution in [0.5, 0.6) is 0 Å². The molecule has 0 spiro atoms. The van der Waals surface area contributed by atoms with Crippen molar-refractivity contribution in [3.63, 3.8) is 0 Å². The number of rotatable bonds is 7. The van der Waals surface area contributed by atoms with E-state index < -0.39 is 5.41 Å². The summed E-state index contributed by atoms with van der Waals surface area (Å²) in [6.07, 6.45) is 0. The van der Waals surface area contributed by atoms with Crippen molar-refractivity contribution in [2.75, 3.05) is 4.90 Å². The van der Waals surface area contributed by atoms with Gasteiger partial charge >= 0.3 is 0 Å². The maximum Gasteiger partial charge on any atom is 0.0714 e. The van der Waals surface area contributed by atoms with Crippen molar-refractivity contribution in [2.45, 2.75) is 5.41 Å². The summed E-state index contributed by atoms with van der Waals surface area (Å²) >= 11 is 1.86. The maximum atomic E-state index is 2.45. The monoisotopic (exact) mass is 832 g/mol. The fourth-order valence-corrected chi connectivity index (χ4v) is 11.8. The zero-order valence-electron chi connectivity index (χ0n) is 34.9. The predicted molar refractivity (Wildman–Crippen MR) is 271 cm³/mol. The minimum absolute atomic E-state index is 0.496. The van der Waals surface area contributed by atoms with Gasteiger partial charge in [0, 0.05) is 53.7 Å². The molecule has 2 aromatic heterocycles. The smallest absolute Gasteiger partial charge is 0.0714 e. The van der Waals surface area contributed by atoms with Gasteiger partial charge in [-0.1, -0.05) is 170 Å². The van der Waals surface area contributed by atoms with Crippen LogP contribution in [0.25, 0.3) is 69.9 Å². The van der Waals surface area contributed by atoms with Crippen molar-refractivity contribution in [2.24, 2.45) is 0 Å². The highest BCUT2D eigenvalue weighted by Crippen LogP contribution is 2.57. The molecule has 2 nitrogen and oxygen atoms in total. The van der Waals surface area contributed by atoms with Crippen molar-refractivity contribution in [3.8, 4) is 27.9 Å². The Hall–Kier alpha value is -7.98. The van der Waals surface area contributed by atoms with Crippen molar-refractivity contribution in [1.29, 1.82) is 0 Å². The molecule has 0 saturated carbocycles. The molecule has 0 saturated heterocycles. The van der Waals surface area contributed by atoms with Gasteiger partial charge in [0.05, 0.1) is 16.4 Å². The SMILES string of the molecule is c1ccc(N(c2cccc(-c3ccc4c5ccccc5n(-c5ccc6sc7ccccc7c6c5)c4c3)c2)c2ccc3c(c2)C(c2ccccc2)(c2ccccc2)c2ccccc2-3)cc1. The topological polar surface area (TPSA) is 8.17 Å². The zero-order valence-corrected chi connectivity index (χ0v) is 35.7. The van der Waals surface area contributed by atoms with E-state index >= 15 is 0 Å². The second-order valence-corrected chi connectivity index (χ2v) is 17.9. The molecule has 12 aromatic rings. The first kappa shape index (κ1) is 36.7. The lowest BCUT2D eigenvalue weighted by Crippen LogP contribution is -2.28. The van der Waals surface area contributed by atoms with Gasteiger partial charge in [-0.25, -0.2) is 0 Å². The van der Waals surface area contributed by atoms with Crippen LogP contribution < -0.4 is 4.90 Å². The van der Waals surface area contributed by atoms with Gasteiger partial charge in [-0.2, -0.15) is 0 Å². The van der Waals surface area contributed by atoms with Gasteiger partial charge in [-0.15, -0.1) is 11.3 Å². The second kappa shape index (κ2) is 14.6. The van der Waals surface area contributed by atoms with Crippen LogP contribution >= 0.6 is 11.3 Å². The Balaban J connectivity index is 0.985. The molecule has 0 aliphatic heterocycles. The van der Waals surface area contributed by atoms with Crippen LogP contribution in [0.3, 0.4) is 0 Å².